The lowest BCUT2D eigenvalue weighted by Crippen LogP contribution is -2.34. The Morgan fingerprint density at radius 1 is 1.08 bits per heavy atom. The molecule has 0 radical (unpaired) electrons. The van der Waals surface area contributed by atoms with E-state index in [2.05, 4.69) is 28.1 Å². The summed E-state index contributed by atoms with van der Waals surface area (Å²) in [6, 6.07) is 15.5. The largest absolute Gasteiger partial charge is 0.497 e. The van der Waals surface area contributed by atoms with Gasteiger partial charge in [-0.1, -0.05) is 34.5 Å². The van der Waals surface area contributed by atoms with Crippen molar-refractivity contribution in [3.63, 3.8) is 0 Å². The summed E-state index contributed by atoms with van der Waals surface area (Å²) in [5.41, 5.74) is 2.26. The molecule has 0 unspecified atom stereocenters. The number of methoxy groups -OCH3 is 1. The monoisotopic (exact) mass is 571 g/mol. The highest BCUT2D eigenvalue weighted by Crippen LogP contribution is 2.42. The quantitative estimate of drug-likeness (QED) is 0.300. The van der Waals surface area contributed by atoms with E-state index in [4.69, 9.17) is 14.2 Å². The van der Waals surface area contributed by atoms with Gasteiger partial charge in [-0.25, -0.2) is 4.79 Å². The highest BCUT2D eigenvalue weighted by atomic mass is 79.9. The van der Waals surface area contributed by atoms with Crippen molar-refractivity contribution in [3.8, 4) is 5.75 Å². The molecule has 6 nitrogen and oxygen atoms in total. The van der Waals surface area contributed by atoms with Crippen LogP contribution in [0.1, 0.15) is 71.3 Å². The number of esters is 1. The zero-order chi connectivity index (χ0) is 27.0. The Morgan fingerprint density at radius 3 is 2.35 bits per heavy atom. The van der Waals surface area contributed by atoms with E-state index in [0.29, 0.717) is 18.0 Å². The first-order valence-corrected chi connectivity index (χ1v) is 13.7. The molecule has 0 aliphatic heterocycles. The van der Waals surface area contributed by atoms with Crippen molar-refractivity contribution in [1.29, 1.82) is 0 Å². The van der Waals surface area contributed by atoms with Gasteiger partial charge in [-0.05, 0) is 100 Å². The Balaban J connectivity index is 2.04. The van der Waals surface area contributed by atoms with Gasteiger partial charge >= 0.3 is 12.1 Å². The second-order valence-corrected chi connectivity index (χ2v) is 11.2. The van der Waals surface area contributed by atoms with Gasteiger partial charge in [0.25, 0.3) is 0 Å². The van der Waals surface area contributed by atoms with Gasteiger partial charge in [0, 0.05) is 16.6 Å². The average Bonchev–Trinajstić information content (AvgIpc) is 2.86. The molecule has 7 heteroatoms. The molecule has 1 amide bonds. The van der Waals surface area contributed by atoms with Crippen LogP contribution in [0.2, 0.25) is 0 Å². The molecule has 0 bridgehead atoms. The first-order chi connectivity index (χ1) is 17.6. The van der Waals surface area contributed by atoms with Gasteiger partial charge in [0.15, 0.2) is 0 Å². The minimum absolute atomic E-state index is 0.0601. The van der Waals surface area contributed by atoms with Crippen LogP contribution in [-0.4, -0.2) is 31.4 Å². The van der Waals surface area contributed by atoms with E-state index in [0.717, 1.165) is 41.3 Å². The minimum Gasteiger partial charge on any atom is -0.497 e. The molecule has 0 heterocycles. The molecule has 0 N–H and O–H groups in total. The zero-order valence-electron chi connectivity index (χ0n) is 22.5. The Bertz CT molecular complexity index is 1070. The highest BCUT2D eigenvalue weighted by Gasteiger charge is 2.32. The van der Waals surface area contributed by atoms with Crippen LogP contribution < -0.4 is 9.64 Å². The van der Waals surface area contributed by atoms with Gasteiger partial charge in [-0.2, -0.15) is 0 Å². The second kappa shape index (κ2) is 13.1. The van der Waals surface area contributed by atoms with Crippen molar-refractivity contribution in [2.45, 2.75) is 71.3 Å². The van der Waals surface area contributed by atoms with Crippen molar-refractivity contribution in [3.05, 3.63) is 70.3 Å². The number of carbonyl (C=O) groups is 2. The topological polar surface area (TPSA) is 65.1 Å². The summed E-state index contributed by atoms with van der Waals surface area (Å²) in [6.07, 6.45) is 5.63. The maximum absolute atomic E-state index is 13.4. The predicted molar refractivity (Wildman–Crippen MR) is 150 cm³/mol. The summed E-state index contributed by atoms with van der Waals surface area (Å²) >= 11 is 3.52. The van der Waals surface area contributed by atoms with E-state index >= 15 is 0 Å². The van der Waals surface area contributed by atoms with Gasteiger partial charge in [0.05, 0.1) is 25.8 Å². The van der Waals surface area contributed by atoms with Crippen molar-refractivity contribution in [2.24, 2.45) is 5.92 Å². The van der Waals surface area contributed by atoms with Crippen LogP contribution >= 0.6 is 15.9 Å². The fraction of sp³-hybridized carbons (Fsp3) is 0.467. The number of carbonyl (C=O) groups excluding carboxylic acids is 2. The lowest BCUT2D eigenvalue weighted by atomic mass is 9.72. The summed E-state index contributed by atoms with van der Waals surface area (Å²) in [6.45, 7) is 7.75. The summed E-state index contributed by atoms with van der Waals surface area (Å²) in [4.78, 5) is 27.6. The molecular weight excluding hydrogens is 534 g/mol. The van der Waals surface area contributed by atoms with Crippen LogP contribution in [0.3, 0.4) is 0 Å². The number of halogens is 1. The lowest BCUT2D eigenvalue weighted by Gasteiger charge is -2.34. The highest BCUT2D eigenvalue weighted by molar-refractivity contribution is 9.10. The molecule has 3 rings (SSSR count). The molecular formula is C30H38BrNO5. The third-order valence-electron chi connectivity index (χ3n) is 6.42. The molecule has 1 fully saturated rings. The van der Waals surface area contributed by atoms with Gasteiger partial charge in [-0.15, -0.1) is 0 Å². The zero-order valence-corrected chi connectivity index (χ0v) is 24.0. The third kappa shape index (κ3) is 8.35. The standard InChI is InChI=1S/C30H38BrNO5/c1-6-36-28(33)19-27(21-11-13-23(31)14-12-21)26-10-8-7-9-22(26)20-32(29(34)37-30(2,3)4)24-15-17-25(35-5)18-16-24/h11-18,20,26-27H,6-10,19H2,1-5H3/b22-20-/t26-,27+/m1/s1. The minimum atomic E-state index is -0.643. The molecule has 1 aliphatic rings. The van der Waals surface area contributed by atoms with Gasteiger partial charge in [0.1, 0.15) is 11.4 Å². The molecule has 2 atom stereocenters. The van der Waals surface area contributed by atoms with E-state index in [1.54, 1.807) is 12.0 Å². The smallest absolute Gasteiger partial charge is 0.418 e. The van der Waals surface area contributed by atoms with Crippen molar-refractivity contribution in [2.75, 3.05) is 18.6 Å². The molecule has 2 aromatic carbocycles. The fourth-order valence-electron chi connectivity index (χ4n) is 4.74. The molecule has 0 aromatic heterocycles. The maximum Gasteiger partial charge on any atom is 0.418 e. The lowest BCUT2D eigenvalue weighted by molar-refractivity contribution is -0.143. The second-order valence-electron chi connectivity index (χ2n) is 10.3. The number of rotatable bonds is 8. The van der Waals surface area contributed by atoms with Crippen molar-refractivity contribution in [1.82, 2.24) is 0 Å². The Morgan fingerprint density at radius 2 is 1.76 bits per heavy atom. The van der Waals surface area contributed by atoms with E-state index in [-0.39, 0.29) is 24.2 Å². The van der Waals surface area contributed by atoms with Crippen LogP contribution in [0.25, 0.3) is 0 Å². The number of anilines is 1. The van der Waals surface area contributed by atoms with E-state index in [1.165, 1.54) is 0 Å². The summed E-state index contributed by atoms with van der Waals surface area (Å²) in [5, 5.41) is 0. The number of ether oxygens (including phenoxy) is 3. The Kier molecular flexibility index (Phi) is 10.2. The molecule has 200 valence electrons. The molecule has 0 spiro atoms. The van der Waals surface area contributed by atoms with Crippen LogP contribution in [0.15, 0.2) is 64.8 Å². The molecule has 1 aliphatic carbocycles. The fourth-order valence-corrected chi connectivity index (χ4v) is 5.00. The number of hydrogen-bond acceptors (Lipinski definition) is 5. The first kappa shape index (κ1) is 28.8. The summed E-state index contributed by atoms with van der Waals surface area (Å²) in [7, 11) is 1.61. The number of amides is 1. The van der Waals surface area contributed by atoms with Gasteiger partial charge in [0.2, 0.25) is 0 Å². The van der Waals surface area contributed by atoms with E-state index < -0.39 is 11.7 Å². The molecule has 1 saturated carbocycles. The van der Waals surface area contributed by atoms with Crippen LogP contribution in [-0.2, 0) is 14.3 Å². The van der Waals surface area contributed by atoms with Crippen molar-refractivity contribution < 1.29 is 23.8 Å². The Hall–Kier alpha value is -2.80. The summed E-state index contributed by atoms with van der Waals surface area (Å²) in [5.74, 6) is 0.526. The van der Waals surface area contributed by atoms with Gasteiger partial charge < -0.3 is 14.2 Å². The number of allylic oxidation sites excluding steroid dienone is 1. The van der Waals surface area contributed by atoms with Gasteiger partial charge in [-0.3, -0.25) is 9.69 Å². The summed E-state index contributed by atoms with van der Waals surface area (Å²) < 4.78 is 17.4. The maximum atomic E-state index is 13.4. The van der Waals surface area contributed by atoms with Crippen LogP contribution in [0.4, 0.5) is 10.5 Å². The SMILES string of the molecule is CCOC(=O)C[C@@H](c1ccc(Br)cc1)[C@@H]1CCCC/C1=C/N(C(=O)OC(C)(C)C)c1ccc(OC)cc1. The normalized spacial score (nSPS) is 17.7. The number of nitrogens with zero attached hydrogens (tertiary/aromatic N) is 1. The molecule has 37 heavy (non-hydrogen) atoms. The van der Waals surface area contributed by atoms with E-state index in [9.17, 15) is 9.59 Å². The van der Waals surface area contributed by atoms with E-state index in [1.807, 2.05) is 70.3 Å². The Labute approximate surface area is 229 Å². The van der Waals surface area contributed by atoms with Crippen LogP contribution in [0, 0.1) is 5.92 Å². The number of benzene rings is 2. The molecule has 0 saturated heterocycles. The molecule has 2 aromatic rings. The number of hydrogen-bond donors (Lipinski definition) is 0. The average molecular weight is 573 g/mol. The predicted octanol–water partition coefficient (Wildman–Crippen LogP) is 8.01. The first-order valence-electron chi connectivity index (χ1n) is 12.9. The van der Waals surface area contributed by atoms with Crippen molar-refractivity contribution >= 4 is 33.7 Å². The van der Waals surface area contributed by atoms with Crippen LogP contribution in [0.5, 0.6) is 5.75 Å². The third-order valence-corrected chi connectivity index (χ3v) is 6.95.